The number of carbonyl (C=O) groups is 1. The molecule has 0 saturated carbocycles. The van der Waals surface area contributed by atoms with Gasteiger partial charge in [0.05, 0.1) is 12.6 Å². The molecule has 3 heterocycles. The van der Waals surface area contributed by atoms with E-state index in [9.17, 15) is 13.6 Å². The van der Waals surface area contributed by atoms with Gasteiger partial charge in [0, 0.05) is 49.0 Å². The molecule has 1 N–H and O–H groups in total. The number of carbonyl (C=O) groups excluding carboxylic acids is 1. The summed E-state index contributed by atoms with van der Waals surface area (Å²) < 4.78 is 29.9. The molecule has 2 aliphatic rings. The van der Waals surface area contributed by atoms with Gasteiger partial charge in [-0.1, -0.05) is 19.1 Å². The van der Waals surface area contributed by atoms with Crippen LogP contribution in [0.2, 0.25) is 0 Å². The van der Waals surface area contributed by atoms with Crippen molar-refractivity contribution < 1.29 is 13.6 Å². The molecule has 0 radical (unpaired) electrons. The summed E-state index contributed by atoms with van der Waals surface area (Å²) in [5, 5.41) is 8.53. The van der Waals surface area contributed by atoms with Gasteiger partial charge in [0.2, 0.25) is 5.91 Å². The van der Waals surface area contributed by atoms with Crippen LogP contribution in [0.4, 0.5) is 14.6 Å². The van der Waals surface area contributed by atoms with Crippen molar-refractivity contribution in [1.29, 1.82) is 0 Å². The van der Waals surface area contributed by atoms with Gasteiger partial charge in [-0.05, 0) is 64.8 Å². The van der Waals surface area contributed by atoms with E-state index in [1.165, 1.54) is 0 Å². The Hall–Kier alpha value is -2.74. The van der Waals surface area contributed by atoms with E-state index in [4.69, 9.17) is 5.10 Å². The van der Waals surface area contributed by atoms with Gasteiger partial charge in [0.15, 0.2) is 5.82 Å². The van der Waals surface area contributed by atoms with Gasteiger partial charge in [-0.3, -0.25) is 9.48 Å². The molecule has 3 rings (SSSR count). The highest BCUT2D eigenvalue weighted by molar-refractivity contribution is 5.74. The monoisotopic (exact) mass is 503 g/mol. The number of alkyl halides is 2. The van der Waals surface area contributed by atoms with Crippen LogP contribution in [0, 0.1) is 0 Å². The van der Waals surface area contributed by atoms with Gasteiger partial charge in [-0.2, -0.15) is 5.10 Å². The van der Waals surface area contributed by atoms with Gasteiger partial charge >= 0.3 is 0 Å². The summed E-state index contributed by atoms with van der Waals surface area (Å²) in [5.74, 6) is 0.798. The highest BCUT2D eigenvalue weighted by Gasteiger charge is 2.32. The summed E-state index contributed by atoms with van der Waals surface area (Å²) in [7, 11) is 0. The van der Waals surface area contributed by atoms with Crippen molar-refractivity contribution in [1.82, 2.24) is 20.0 Å². The van der Waals surface area contributed by atoms with Crippen molar-refractivity contribution in [3.63, 3.8) is 0 Å². The standard InChI is InChI=1S/C26H39F2N5O.C2H4/c1-7-13-32(24(18(4)5)15-21(17(2)3)25(27)28)26-22-16-31(19(6)34)14-10-23(22)33(30-26)20-8-11-29-12-9-20;1-2/h15,20,25,29H,4,7-14,16H2,1-3,5-6H3;1-2H2/b24-15+;. The van der Waals surface area contributed by atoms with Gasteiger partial charge in [0.1, 0.15) is 0 Å². The van der Waals surface area contributed by atoms with Crippen LogP contribution >= 0.6 is 0 Å². The molecule has 8 heteroatoms. The quantitative estimate of drug-likeness (QED) is 0.360. The molecule has 2 aliphatic heterocycles. The van der Waals surface area contributed by atoms with Crippen LogP contribution in [0.5, 0.6) is 0 Å². The number of allylic oxidation sites excluding steroid dienone is 4. The Bertz CT molecular complexity index is 984. The Morgan fingerprint density at radius 1 is 1.22 bits per heavy atom. The van der Waals surface area contributed by atoms with Crippen molar-refractivity contribution >= 4 is 11.7 Å². The van der Waals surface area contributed by atoms with Crippen LogP contribution in [0.3, 0.4) is 0 Å². The molecule has 1 fully saturated rings. The zero-order valence-corrected chi connectivity index (χ0v) is 22.7. The van der Waals surface area contributed by atoms with Crippen LogP contribution in [-0.2, 0) is 17.8 Å². The highest BCUT2D eigenvalue weighted by atomic mass is 19.3. The number of fused-ring (bicyclic) bond motifs is 1. The normalized spacial score (nSPS) is 16.2. The number of hydrogen-bond acceptors (Lipinski definition) is 4. The molecule has 0 bridgehead atoms. The third kappa shape index (κ3) is 6.72. The first-order valence-electron chi connectivity index (χ1n) is 12.8. The molecule has 1 aromatic rings. The lowest BCUT2D eigenvalue weighted by atomic mass is 10.0. The minimum Gasteiger partial charge on any atom is -0.338 e. The van der Waals surface area contributed by atoms with Crippen LogP contribution < -0.4 is 10.2 Å². The molecule has 0 aromatic carbocycles. The van der Waals surface area contributed by atoms with Crippen molar-refractivity contribution in [2.75, 3.05) is 31.1 Å². The maximum atomic E-state index is 13.9. The summed E-state index contributed by atoms with van der Waals surface area (Å²) in [6.45, 7) is 22.7. The maximum absolute atomic E-state index is 13.9. The van der Waals surface area contributed by atoms with E-state index in [0.717, 1.165) is 55.8 Å². The van der Waals surface area contributed by atoms with E-state index in [1.807, 2.05) is 16.7 Å². The van der Waals surface area contributed by atoms with Crippen LogP contribution in [0.1, 0.15) is 71.2 Å². The topological polar surface area (TPSA) is 53.4 Å². The van der Waals surface area contributed by atoms with Crippen molar-refractivity contribution in [3.8, 4) is 0 Å². The number of piperidine rings is 1. The van der Waals surface area contributed by atoms with Gasteiger partial charge in [-0.25, -0.2) is 8.78 Å². The van der Waals surface area contributed by atoms with Crippen LogP contribution in [0.25, 0.3) is 0 Å². The zero-order chi connectivity index (χ0) is 27.0. The molecule has 1 saturated heterocycles. The lowest BCUT2D eigenvalue weighted by molar-refractivity contribution is -0.129. The van der Waals surface area contributed by atoms with Crippen molar-refractivity contribution in [2.45, 2.75) is 79.3 Å². The van der Waals surface area contributed by atoms with Gasteiger partial charge in [0.25, 0.3) is 6.43 Å². The summed E-state index contributed by atoms with van der Waals surface area (Å²) in [6.07, 6.45) is 2.54. The number of aromatic nitrogens is 2. The molecule has 1 aromatic heterocycles. The number of nitrogens with zero attached hydrogens (tertiary/aromatic N) is 4. The number of hydrogen-bond donors (Lipinski definition) is 1. The Labute approximate surface area is 215 Å². The Kier molecular flexibility index (Phi) is 11.1. The largest absolute Gasteiger partial charge is 0.338 e. The molecule has 0 atom stereocenters. The second kappa shape index (κ2) is 13.5. The molecular formula is C28H43F2N5O. The zero-order valence-electron chi connectivity index (χ0n) is 22.7. The second-order valence-electron chi connectivity index (χ2n) is 9.58. The maximum Gasteiger partial charge on any atom is 0.263 e. The van der Waals surface area contributed by atoms with Gasteiger partial charge in [-0.15, -0.1) is 13.2 Å². The minimum absolute atomic E-state index is 0.0103. The van der Waals surface area contributed by atoms with E-state index >= 15 is 0 Å². The van der Waals surface area contributed by atoms with Crippen molar-refractivity contribution in [2.24, 2.45) is 0 Å². The molecule has 36 heavy (non-hydrogen) atoms. The van der Waals surface area contributed by atoms with Crippen LogP contribution in [0.15, 0.2) is 48.2 Å². The first-order valence-corrected chi connectivity index (χ1v) is 12.8. The smallest absolute Gasteiger partial charge is 0.263 e. The Balaban J connectivity index is 0.00000222. The number of amides is 1. The molecule has 0 aliphatic carbocycles. The predicted molar refractivity (Wildman–Crippen MR) is 144 cm³/mol. The lowest BCUT2D eigenvalue weighted by Crippen LogP contribution is -2.36. The fourth-order valence-corrected chi connectivity index (χ4v) is 4.84. The first kappa shape index (κ1) is 29.5. The summed E-state index contributed by atoms with van der Waals surface area (Å²) in [6, 6.07) is 0.294. The van der Waals surface area contributed by atoms with Crippen LogP contribution in [-0.4, -0.2) is 53.2 Å². The molecular weight excluding hydrogens is 460 g/mol. The highest BCUT2D eigenvalue weighted by Crippen LogP contribution is 2.36. The van der Waals surface area contributed by atoms with E-state index in [2.05, 4.69) is 36.7 Å². The average Bonchev–Trinajstić information content (AvgIpc) is 3.23. The summed E-state index contributed by atoms with van der Waals surface area (Å²) >= 11 is 0. The number of rotatable bonds is 8. The SMILES string of the molecule is C=C.C=C(C)/C(=C\C(=C(C)C)C(F)F)N(CCC)c1nn(C2CCNCC2)c2c1CN(C(C)=O)CC2. The third-order valence-corrected chi connectivity index (χ3v) is 6.70. The number of nitrogens with one attached hydrogen (secondary N) is 1. The van der Waals surface area contributed by atoms with E-state index in [0.29, 0.717) is 42.5 Å². The first-order chi connectivity index (χ1) is 17.1. The third-order valence-electron chi connectivity index (χ3n) is 6.70. The fourth-order valence-electron chi connectivity index (χ4n) is 4.84. The Morgan fingerprint density at radius 3 is 2.36 bits per heavy atom. The van der Waals surface area contributed by atoms with E-state index in [1.54, 1.807) is 26.8 Å². The summed E-state index contributed by atoms with van der Waals surface area (Å²) in [5.41, 5.74) is 4.13. The van der Waals surface area contributed by atoms with E-state index < -0.39 is 6.43 Å². The minimum atomic E-state index is -2.57. The summed E-state index contributed by atoms with van der Waals surface area (Å²) in [4.78, 5) is 16.1. The molecule has 1 amide bonds. The molecule has 6 nitrogen and oxygen atoms in total. The lowest BCUT2D eigenvalue weighted by Gasteiger charge is -2.31. The fraction of sp³-hybridized carbons (Fsp3) is 0.571. The molecule has 200 valence electrons. The number of anilines is 1. The van der Waals surface area contributed by atoms with Crippen molar-refractivity contribution in [3.05, 3.63) is 59.5 Å². The average molecular weight is 504 g/mol. The second-order valence-corrected chi connectivity index (χ2v) is 9.58. The molecule has 0 spiro atoms. The predicted octanol–water partition coefficient (Wildman–Crippen LogP) is 5.79. The van der Waals surface area contributed by atoms with Gasteiger partial charge < -0.3 is 15.1 Å². The Morgan fingerprint density at radius 2 is 1.86 bits per heavy atom. The molecule has 0 unspecified atom stereocenters. The number of halogens is 2. The van der Waals surface area contributed by atoms with E-state index in [-0.39, 0.29) is 11.5 Å².